The van der Waals surface area contributed by atoms with Crippen molar-refractivity contribution in [3.05, 3.63) is 22.7 Å². The van der Waals surface area contributed by atoms with Crippen LogP contribution >= 0.6 is 11.6 Å². The number of anilines is 1. The highest BCUT2D eigenvalue weighted by Gasteiger charge is 2.38. The van der Waals surface area contributed by atoms with Crippen molar-refractivity contribution in [2.75, 3.05) is 11.9 Å². The third-order valence-electron chi connectivity index (χ3n) is 4.87. The van der Waals surface area contributed by atoms with Gasteiger partial charge in [-0.05, 0) is 43.9 Å². The number of nitrogens with two attached hydrogens (primary N) is 1. The Morgan fingerprint density at radius 1 is 1.32 bits per heavy atom. The van der Waals surface area contributed by atoms with Gasteiger partial charge >= 0.3 is 0 Å². The molecule has 3 rings (SSSR count). The predicted octanol–water partition coefficient (Wildman–Crippen LogP) is 1.50. The average molecular weight is 386 g/mol. The number of rotatable bonds is 3. The van der Waals surface area contributed by atoms with E-state index in [9.17, 15) is 18.0 Å². The molecule has 0 radical (unpaired) electrons. The minimum atomic E-state index is -3.92. The van der Waals surface area contributed by atoms with Crippen molar-refractivity contribution in [3.63, 3.8) is 0 Å². The Kier molecular flexibility index (Phi) is 4.78. The van der Waals surface area contributed by atoms with Gasteiger partial charge < -0.3 is 11.1 Å². The molecule has 3 N–H and O–H groups in total. The summed E-state index contributed by atoms with van der Waals surface area (Å²) in [7, 11) is -3.92. The first-order valence-electron chi connectivity index (χ1n) is 8.13. The number of fused-ring (bicyclic) bond motifs is 1. The van der Waals surface area contributed by atoms with Crippen LogP contribution in [0.3, 0.4) is 0 Å². The molecule has 0 saturated carbocycles. The van der Waals surface area contributed by atoms with Gasteiger partial charge in [0.25, 0.3) is 0 Å². The van der Waals surface area contributed by atoms with E-state index in [4.69, 9.17) is 17.3 Å². The maximum atomic E-state index is 13.1. The van der Waals surface area contributed by atoms with Crippen molar-refractivity contribution >= 4 is 39.1 Å². The fourth-order valence-corrected chi connectivity index (χ4v) is 5.60. The smallest absolute Gasteiger partial charge is 0.244 e. The van der Waals surface area contributed by atoms with Crippen LogP contribution in [-0.2, 0) is 26.0 Å². The number of carbonyl (C=O) groups is 2. The molecule has 0 unspecified atom stereocenters. The maximum Gasteiger partial charge on any atom is 0.244 e. The number of benzene rings is 1. The van der Waals surface area contributed by atoms with Crippen molar-refractivity contribution in [1.82, 2.24) is 4.31 Å². The lowest BCUT2D eigenvalue weighted by atomic mass is 9.95. The number of nitrogens with zero attached hydrogens (tertiary/aromatic N) is 1. The second-order valence-corrected chi connectivity index (χ2v) is 8.85. The van der Waals surface area contributed by atoms with Crippen LogP contribution in [0, 0.1) is 5.92 Å². The van der Waals surface area contributed by atoms with E-state index < -0.39 is 21.8 Å². The van der Waals surface area contributed by atoms with Gasteiger partial charge in [0.05, 0.1) is 10.9 Å². The molecule has 2 amide bonds. The van der Waals surface area contributed by atoms with Crippen molar-refractivity contribution in [2.45, 2.75) is 43.5 Å². The molecule has 0 aromatic heterocycles. The molecule has 0 spiro atoms. The summed E-state index contributed by atoms with van der Waals surface area (Å²) in [4.78, 5) is 23.0. The molecule has 2 aliphatic heterocycles. The quantitative estimate of drug-likeness (QED) is 0.821. The third-order valence-corrected chi connectivity index (χ3v) is 7.31. The number of aryl methyl sites for hydroxylation is 1. The SMILES string of the molecule is C[C@H]1CC[C@H](C(N)=O)CN1S(=O)(=O)c1cc2c(cc1Cl)CCC(=O)N2. The number of primary amides is 1. The lowest BCUT2D eigenvalue weighted by Gasteiger charge is -2.36. The zero-order valence-corrected chi connectivity index (χ0v) is 15.4. The van der Waals surface area contributed by atoms with Gasteiger partial charge in [-0.1, -0.05) is 11.6 Å². The van der Waals surface area contributed by atoms with Gasteiger partial charge in [-0.2, -0.15) is 4.31 Å². The molecule has 2 atom stereocenters. The summed E-state index contributed by atoms with van der Waals surface area (Å²) in [6.45, 7) is 1.83. The Morgan fingerprint density at radius 2 is 2.04 bits per heavy atom. The molecule has 1 aromatic carbocycles. The highest BCUT2D eigenvalue weighted by Crippen LogP contribution is 2.35. The fraction of sp³-hybridized carbons (Fsp3) is 0.500. The zero-order valence-electron chi connectivity index (χ0n) is 13.8. The number of halogens is 1. The second-order valence-electron chi connectivity index (χ2n) is 6.59. The Morgan fingerprint density at radius 3 is 2.72 bits per heavy atom. The number of piperidine rings is 1. The van der Waals surface area contributed by atoms with Gasteiger partial charge in [-0.25, -0.2) is 8.42 Å². The Bertz CT molecular complexity index is 840. The molecule has 136 valence electrons. The lowest BCUT2D eigenvalue weighted by Crippen LogP contribution is -2.48. The highest BCUT2D eigenvalue weighted by atomic mass is 35.5. The number of carbonyl (C=O) groups excluding carboxylic acids is 2. The molecule has 25 heavy (non-hydrogen) atoms. The molecule has 1 aromatic rings. The monoisotopic (exact) mass is 385 g/mol. The number of nitrogens with one attached hydrogen (secondary N) is 1. The first-order valence-corrected chi connectivity index (χ1v) is 9.95. The van der Waals surface area contributed by atoms with E-state index in [0.717, 1.165) is 5.56 Å². The second kappa shape index (κ2) is 6.59. The number of sulfonamides is 1. The van der Waals surface area contributed by atoms with E-state index in [1.165, 1.54) is 10.4 Å². The van der Waals surface area contributed by atoms with Gasteiger partial charge in [0.15, 0.2) is 0 Å². The summed E-state index contributed by atoms with van der Waals surface area (Å²) in [5.41, 5.74) is 6.64. The molecule has 7 nitrogen and oxygen atoms in total. The van der Waals surface area contributed by atoms with Gasteiger partial charge in [0.2, 0.25) is 21.8 Å². The van der Waals surface area contributed by atoms with E-state index in [1.807, 2.05) is 0 Å². The largest absolute Gasteiger partial charge is 0.369 e. The number of hydrogen-bond acceptors (Lipinski definition) is 4. The molecular formula is C16H20ClN3O4S. The van der Waals surface area contributed by atoms with Crippen molar-refractivity contribution in [1.29, 1.82) is 0 Å². The molecule has 1 saturated heterocycles. The fourth-order valence-electron chi connectivity index (χ4n) is 3.34. The summed E-state index contributed by atoms with van der Waals surface area (Å²) >= 11 is 6.24. The normalized spacial score (nSPS) is 24.5. The summed E-state index contributed by atoms with van der Waals surface area (Å²) in [6, 6.07) is 2.73. The minimum Gasteiger partial charge on any atom is -0.369 e. The summed E-state index contributed by atoms with van der Waals surface area (Å²) in [5.74, 6) is -1.17. The van der Waals surface area contributed by atoms with Crippen molar-refractivity contribution in [2.24, 2.45) is 11.7 Å². The standard InChI is InChI=1S/C16H20ClN3O4S/c1-9-2-3-11(16(18)22)8-20(9)25(23,24)14-7-13-10(6-12(14)17)4-5-15(21)19-13/h6-7,9,11H,2-5,8H2,1H3,(H2,18,22)(H,19,21)/t9-,11-/m0/s1. The van der Waals surface area contributed by atoms with E-state index in [1.54, 1.807) is 13.0 Å². The molecule has 0 aliphatic carbocycles. The Hall–Kier alpha value is -1.64. The number of amides is 2. The first-order chi connectivity index (χ1) is 11.7. The van der Waals surface area contributed by atoms with Crippen LogP contribution in [0.1, 0.15) is 31.7 Å². The van der Waals surface area contributed by atoms with Crippen LogP contribution < -0.4 is 11.1 Å². The van der Waals surface area contributed by atoms with E-state index >= 15 is 0 Å². The van der Waals surface area contributed by atoms with Crippen LogP contribution in [0.5, 0.6) is 0 Å². The van der Waals surface area contributed by atoms with Crippen LogP contribution in [0.4, 0.5) is 5.69 Å². The first kappa shape index (κ1) is 18.2. The minimum absolute atomic E-state index is 0.0403. The molecule has 2 aliphatic rings. The maximum absolute atomic E-state index is 13.1. The summed E-state index contributed by atoms with van der Waals surface area (Å²) in [6.07, 6.45) is 1.98. The van der Waals surface area contributed by atoms with E-state index in [-0.39, 0.29) is 28.4 Å². The topological polar surface area (TPSA) is 110 Å². The van der Waals surface area contributed by atoms with Gasteiger partial charge in [0, 0.05) is 24.7 Å². The Balaban J connectivity index is 2.00. The van der Waals surface area contributed by atoms with Crippen LogP contribution in [0.25, 0.3) is 0 Å². The van der Waals surface area contributed by atoms with Crippen LogP contribution in [0.15, 0.2) is 17.0 Å². The molecule has 1 fully saturated rings. The Labute approximate surface area is 151 Å². The van der Waals surface area contributed by atoms with Gasteiger partial charge in [-0.3, -0.25) is 9.59 Å². The van der Waals surface area contributed by atoms with Crippen LogP contribution in [-0.4, -0.2) is 37.1 Å². The molecule has 0 bridgehead atoms. The zero-order chi connectivity index (χ0) is 18.4. The third kappa shape index (κ3) is 3.38. The molecule has 9 heteroatoms. The number of hydrogen-bond donors (Lipinski definition) is 2. The highest BCUT2D eigenvalue weighted by molar-refractivity contribution is 7.89. The molecular weight excluding hydrogens is 366 g/mol. The van der Waals surface area contributed by atoms with Crippen LogP contribution in [0.2, 0.25) is 5.02 Å². The van der Waals surface area contributed by atoms with Crippen molar-refractivity contribution < 1.29 is 18.0 Å². The predicted molar refractivity (Wildman–Crippen MR) is 93.7 cm³/mol. The van der Waals surface area contributed by atoms with Gasteiger partial charge in [0.1, 0.15) is 4.90 Å². The lowest BCUT2D eigenvalue weighted by molar-refractivity contribution is -0.123. The summed E-state index contributed by atoms with van der Waals surface area (Å²) < 4.78 is 27.5. The van der Waals surface area contributed by atoms with Crippen molar-refractivity contribution in [3.8, 4) is 0 Å². The van der Waals surface area contributed by atoms with E-state index in [2.05, 4.69) is 5.32 Å². The van der Waals surface area contributed by atoms with Gasteiger partial charge in [-0.15, -0.1) is 0 Å². The summed E-state index contributed by atoms with van der Waals surface area (Å²) in [5, 5.41) is 2.80. The average Bonchev–Trinajstić information content (AvgIpc) is 2.54. The molecule has 2 heterocycles. The van der Waals surface area contributed by atoms with E-state index in [0.29, 0.717) is 31.4 Å².